The molecule has 2 aromatic rings. The highest BCUT2D eigenvalue weighted by Crippen LogP contribution is 2.18. The topological polar surface area (TPSA) is 28.7 Å². The van der Waals surface area contributed by atoms with Crippen LogP contribution in [0, 0.1) is 12.7 Å². The second-order valence-corrected chi connectivity index (χ2v) is 4.58. The van der Waals surface area contributed by atoms with Crippen LogP contribution >= 0.6 is 24.2 Å². The normalized spacial score (nSPS) is 10.0. The maximum absolute atomic E-state index is 12.7. The predicted octanol–water partition coefficient (Wildman–Crippen LogP) is 3.71. The number of hydrogen-bond donors (Lipinski definition) is 1. The number of rotatable bonds is 4. The molecular weight excluding hydrogens is 259 g/mol. The van der Waals surface area contributed by atoms with Gasteiger partial charge in [-0.15, -0.1) is 12.4 Å². The summed E-state index contributed by atoms with van der Waals surface area (Å²) in [6.07, 6.45) is 1.71. The molecule has 0 saturated carbocycles. The Bertz CT molecular complexity index is 456. The smallest absolute Gasteiger partial charge is 0.123 e. The summed E-state index contributed by atoms with van der Waals surface area (Å²) in [5.41, 5.74) is 3.35. The summed E-state index contributed by atoms with van der Waals surface area (Å²) in [6.45, 7) is 2.01. The first-order chi connectivity index (χ1) is 7.75. The van der Waals surface area contributed by atoms with Crippen LogP contribution in [-0.2, 0) is 11.5 Å². The van der Waals surface area contributed by atoms with E-state index >= 15 is 0 Å². The zero-order valence-electron chi connectivity index (χ0n) is 9.44. The quantitative estimate of drug-likeness (QED) is 0.919. The maximum atomic E-state index is 12.7. The minimum atomic E-state index is -0.183. The van der Waals surface area contributed by atoms with Crippen molar-refractivity contribution in [2.75, 3.05) is 0 Å². The number of nitrogens with zero attached hydrogens (tertiary/aromatic N) is 1. The highest BCUT2D eigenvalue weighted by Gasteiger charge is 2.01. The molecule has 2 nitrogen and oxygen atoms in total. The lowest BCUT2D eigenvalue weighted by Crippen LogP contribution is -1.86. The summed E-state index contributed by atoms with van der Waals surface area (Å²) in [7, 11) is 0. The van der Waals surface area contributed by atoms with Crippen molar-refractivity contribution < 1.29 is 4.39 Å². The highest BCUT2D eigenvalue weighted by atomic mass is 35.5. The van der Waals surface area contributed by atoms with Crippen LogP contribution in [0.25, 0.3) is 0 Å². The fourth-order valence-electron chi connectivity index (χ4n) is 1.38. The lowest BCUT2D eigenvalue weighted by Gasteiger charge is -2.01. The van der Waals surface area contributed by atoms with E-state index in [2.05, 4.69) is 9.97 Å². The molecule has 0 saturated heterocycles. The number of thioether (sulfide) groups is 1. The van der Waals surface area contributed by atoms with Gasteiger partial charge in [-0.1, -0.05) is 12.1 Å². The molecule has 0 aliphatic rings. The predicted molar refractivity (Wildman–Crippen MR) is 72.0 cm³/mol. The van der Waals surface area contributed by atoms with E-state index in [1.54, 1.807) is 18.1 Å². The molecule has 0 aliphatic carbocycles. The van der Waals surface area contributed by atoms with Crippen molar-refractivity contribution in [3.63, 3.8) is 0 Å². The average Bonchev–Trinajstić information content (AvgIpc) is 2.68. The first kappa shape index (κ1) is 14.1. The van der Waals surface area contributed by atoms with Crippen molar-refractivity contribution >= 4 is 24.2 Å². The summed E-state index contributed by atoms with van der Waals surface area (Å²) in [5.74, 6) is 1.58. The van der Waals surface area contributed by atoms with Gasteiger partial charge in [0.05, 0.1) is 12.0 Å². The number of hydrogen-bond acceptors (Lipinski definition) is 2. The zero-order chi connectivity index (χ0) is 11.4. The third kappa shape index (κ3) is 4.06. The highest BCUT2D eigenvalue weighted by molar-refractivity contribution is 7.97. The Morgan fingerprint density at radius 3 is 2.53 bits per heavy atom. The summed E-state index contributed by atoms with van der Waals surface area (Å²) in [4.78, 5) is 7.28. The first-order valence-corrected chi connectivity index (χ1v) is 6.22. The second-order valence-electron chi connectivity index (χ2n) is 3.59. The van der Waals surface area contributed by atoms with Crippen LogP contribution in [0.3, 0.4) is 0 Å². The van der Waals surface area contributed by atoms with Crippen LogP contribution in [-0.4, -0.2) is 9.97 Å². The van der Waals surface area contributed by atoms with Crippen LogP contribution in [0.4, 0.5) is 4.39 Å². The van der Waals surface area contributed by atoms with E-state index in [-0.39, 0.29) is 18.2 Å². The molecule has 2 rings (SSSR count). The van der Waals surface area contributed by atoms with Crippen molar-refractivity contribution in [3.8, 4) is 0 Å². The lowest BCUT2D eigenvalue weighted by atomic mass is 10.2. The molecule has 1 N–H and O–H groups in total. The minimum absolute atomic E-state index is 0. The summed E-state index contributed by atoms with van der Waals surface area (Å²) in [5, 5.41) is 0. The Morgan fingerprint density at radius 2 is 1.94 bits per heavy atom. The molecule has 5 heteroatoms. The molecule has 0 fully saturated rings. The van der Waals surface area contributed by atoms with Crippen LogP contribution in [0.2, 0.25) is 0 Å². The molecular formula is C12H14ClFN2S. The van der Waals surface area contributed by atoms with E-state index in [1.807, 2.05) is 19.1 Å². The van der Waals surface area contributed by atoms with Crippen molar-refractivity contribution in [2.24, 2.45) is 0 Å². The largest absolute Gasteiger partial charge is 0.348 e. The van der Waals surface area contributed by atoms with Gasteiger partial charge in [-0.2, -0.15) is 11.8 Å². The molecule has 0 spiro atoms. The third-order valence-electron chi connectivity index (χ3n) is 2.36. The Hall–Kier alpha value is -1.00. The Morgan fingerprint density at radius 1 is 1.24 bits per heavy atom. The van der Waals surface area contributed by atoms with Gasteiger partial charge in [-0.25, -0.2) is 9.37 Å². The maximum Gasteiger partial charge on any atom is 0.123 e. The van der Waals surface area contributed by atoms with Crippen LogP contribution < -0.4 is 0 Å². The summed E-state index contributed by atoms with van der Waals surface area (Å²) in [6, 6.07) is 6.63. The van der Waals surface area contributed by atoms with Crippen molar-refractivity contribution in [3.05, 3.63) is 53.4 Å². The van der Waals surface area contributed by atoms with Gasteiger partial charge in [0, 0.05) is 17.2 Å². The fourth-order valence-corrected chi connectivity index (χ4v) is 2.39. The number of aryl methyl sites for hydroxylation is 1. The number of aromatic nitrogens is 2. The zero-order valence-corrected chi connectivity index (χ0v) is 11.1. The molecule has 1 aromatic heterocycles. The van der Waals surface area contributed by atoms with Gasteiger partial charge >= 0.3 is 0 Å². The van der Waals surface area contributed by atoms with Gasteiger partial charge in [0.1, 0.15) is 5.82 Å². The number of nitrogens with one attached hydrogen (secondary N) is 1. The average molecular weight is 273 g/mol. The van der Waals surface area contributed by atoms with E-state index in [9.17, 15) is 4.39 Å². The van der Waals surface area contributed by atoms with Crippen LogP contribution in [0.5, 0.6) is 0 Å². The first-order valence-electron chi connectivity index (χ1n) is 5.07. The Labute approximate surface area is 110 Å². The van der Waals surface area contributed by atoms with Gasteiger partial charge in [-0.3, -0.25) is 0 Å². The lowest BCUT2D eigenvalue weighted by molar-refractivity contribution is 0.627. The van der Waals surface area contributed by atoms with E-state index in [0.29, 0.717) is 0 Å². The molecule has 17 heavy (non-hydrogen) atoms. The third-order valence-corrected chi connectivity index (χ3v) is 3.37. The molecule has 0 bridgehead atoms. The van der Waals surface area contributed by atoms with Crippen LogP contribution in [0.1, 0.15) is 17.0 Å². The number of halogens is 2. The summed E-state index contributed by atoms with van der Waals surface area (Å²) >= 11 is 1.78. The number of imidazole rings is 1. The monoisotopic (exact) mass is 272 g/mol. The number of benzene rings is 1. The molecule has 0 amide bonds. The molecule has 0 atom stereocenters. The van der Waals surface area contributed by atoms with Gasteiger partial charge in [-0.05, 0) is 24.6 Å². The minimum Gasteiger partial charge on any atom is -0.348 e. The van der Waals surface area contributed by atoms with E-state index in [1.165, 1.54) is 12.1 Å². The van der Waals surface area contributed by atoms with E-state index in [0.717, 1.165) is 28.5 Å². The SMILES string of the molecule is Cc1[nH]cnc1CSCc1ccc(F)cc1.Cl. The van der Waals surface area contributed by atoms with Gasteiger partial charge in [0.25, 0.3) is 0 Å². The van der Waals surface area contributed by atoms with Crippen molar-refractivity contribution in [2.45, 2.75) is 18.4 Å². The van der Waals surface area contributed by atoms with E-state index in [4.69, 9.17) is 0 Å². The van der Waals surface area contributed by atoms with Gasteiger partial charge in [0.15, 0.2) is 0 Å². The van der Waals surface area contributed by atoms with Crippen LogP contribution in [0.15, 0.2) is 30.6 Å². The standard InChI is InChI=1S/C12H13FN2S.ClH/c1-9-12(15-8-14-9)7-16-6-10-2-4-11(13)5-3-10;/h2-5,8H,6-7H2,1H3,(H,14,15);1H. The molecule has 0 aliphatic heterocycles. The molecule has 0 unspecified atom stereocenters. The summed E-state index contributed by atoms with van der Waals surface area (Å²) < 4.78 is 12.7. The van der Waals surface area contributed by atoms with Gasteiger partial charge in [0.2, 0.25) is 0 Å². The fraction of sp³-hybridized carbons (Fsp3) is 0.250. The Balaban J connectivity index is 0.00000144. The molecule has 1 heterocycles. The second kappa shape index (κ2) is 6.67. The number of H-pyrrole nitrogens is 1. The molecule has 0 radical (unpaired) electrons. The van der Waals surface area contributed by atoms with E-state index < -0.39 is 0 Å². The van der Waals surface area contributed by atoms with Crippen molar-refractivity contribution in [1.29, 1.82) is 0 Å². The molecule has 92 valence electrons. The van der Waals surface area contributed by atoms with Gasteiger partial charge < -0.3 is 4.98 Å². The Kier molecular flexibility index (Phi) is 5.51. The van der Waals surface area contributed by atoms with Crippen molar-refractivity contribution in [1.82, 2.24) is 9.97 Å². The number of aromatic amines is 1. The molecule has 1 aromatic carbocycles.